The minimum Gasteiger partial charge on any atom is -0.481 e. The summed E-state index contributed by atoms with van der Waals surface area (Å²) in [6.07, 6.45) is 3.17. The van der Waals surface area contributed by atoms with Crippen LogP contribution in [-0.4, -0.2) is 52.3 Å². The first kappa shape index (κ1) is 18.4. The zero-order chi connectivity index (χ0) is 18.6. The Hall–Kier alpha value is -2.37. The molecule has 0 bridgehead atoms. The largest absolute Gasteiger partial charge is 0.481 e. The molecule has 6 heteroatoms. The number of amides is 2. The van der Waals surface area contributed by atoms with E-state index in [-0.39, 0.29) is 30.1 Å². The van der Waals surface area contributed by atoms with Crippen LogP contribution < -0.4 is 0 Å². The molecule has 3 rings (SSSR count). The molecule has 2 aliphatic heterocycles. The summed E-state index contributed by atoms with van der Waals surface area (Å²) in [5, 5.41) is 8.79. The van der Waals surface area contributed by atoms with Gasteiger partial charge in [0.15, 0.2) is 0 Å². The number of carboxylic acids is 1. The second kappa shape index (κ2) is 7.89. The van der Waals surface area contributed by atoms with Crippen molar-refractivity contribution in [3.8, 4) is 0 Å². The van der Waals surface area contributed by atoms with Crippen LogP contribution in [0.5, 0.6) is 0 Å². The van der Waals surface area contributed by atoms with E-state index in [1.54, 1.807) is 0 Å². The van der Waals surface area contributed by atoms with Gasteiger partial charge >= 0.3 is 5.97 Å². The van der Waals surface area contributed by atoms with Gasteiger partial charge in [-0.3, -0.25) is 14.4 Å². The van der Waals surface area contributed by atoms with Gasteiger partial charge in [-0.2, -0.15) is 0 Å². The van der Waals surface area contributed by atoms with Crippen LogP contribution in [0.1, 0.15) is 44.1 Å². The van der Waals surface area contributed by atoms with Crippen LogP contribution in [0.2, 0.25) is 0 Å². The highest BCUT2D eigenvalue weighted by Gasteiger charge is 2.42. The molecule has 1 aromatic carbocycles. The van der Waals surface area contributed by atoms with E-state index in [9.17, 15) is 14.4 Å². The second-order valence-corrected chi connectivity index (χ2v) is 7.55. The van der Waals surface area contributed by atoms with Gasteiger partial charge < -0.3 is 14.9 Å². The van der Waals surface area contributed by atoms with Crippen molar-refractivity contribution in [2.45, 2.75) is 45.1 Å². The van der Waals surface area contributed by atoms with Crippen molar-refractivity contribution in [3.05, 3.63) is 35.9 Å². The number of carbonyl (C=O) groups excluding carboxylic acids is 2. The molecule has 0 radical (unpaired) electrons. The third-order valence-corrected chi connectivity index (χ3v) is 5.53. The monoisotopic (exact) mass is 358 g/mol. The van der Waals surface area contributed by atoms with Gasteiger partial charge in [0, 0.05) is 44.4 Å². The Morgan fingerprint density at radius 3 is 2.58 bits per heavy atom. The summed E-state index contributed by atoms with van der Waals surface area (Å²) in [5.74, 6) is -0.853. The Balaban J connectivity index is 1.65. The average Bonchev–Trinajstić information content (AvgIpc) is 2.64. The molecular formula is C20H26N2O4. The van der Waals surface area contributed by atoms with Crippen molar-refractivity contribution < 1.29 is 19.5 Å². The van der Waals surface area contributed by atoms with Crippen LogP contribution in [0.3, 0.4) is 0 Å². The normalized spacial score (nSPS) is 23.3. The zero-order valence-electron chi connectivity index (χ0n) is 15.0. The van der Waals surface area contributed by atoms with Gasteiger partial charge in [0.05, 0.1) is 6.42 Å². The Labute approximate surface area is 153 Å². The van der Waals surface area contributed by atoms with Gasteiger partial charge in [-0.25, -0.2) is 0 Å². The number of hydrogen-bond donors (Lipinski definition) is 1. The lowest BCUT2D eigenvalue weighted by atomic mass is 9.73. The highest BCUT2D eigenvalue weighted by Crippen LogP contribution is 2.39. The molecule has 1 atom stereocenters. The van der Waals surface area contributed by atoms with Crippen LogP contribution in [0.15, 0.2) is 30.3 Å². The molecule has 2 amide bonds. The molecule has 0 aliphatic carbocycles. The molecule has 1 N–H and O–H groups in total. The molecule has 2 aliphatic rings. The standard InChI is InChI=1S/C20H26N2O4/c23-17(7-8-19(25)26)21-12-4-10-20(14-21)11-9-18(24)22(15-20)13-16-5-2-1-3-6-16/h1-3,5-6H,4,7-15H2,(H,25,26)/t20-/m1/s1. The van der Waals surface area contributed by atoms with Crippen molar-refractivity contribution in [2.75, 3.05) is 19.6 Å². The van der Waals surface area contributed by atoms with Crippen LogP contribution >= 0.6 is 0 Å². The highest BCUT2D eigenvalue weighted by molar-refractivity contribution is 5.81. The number of hydrogen-bond acceptors (Lipinski definition) is 3. The van der Waals surface area contributed by atoms with Crippen LogP contribution in [0.25, 0.3) is 0 Å². The number of likely N-dealkylation sites (tertiary alicyclic amines) is 2. The fourth-order valence-corrected chi connectivity index (χ4v) is 4.18. The molecule has 1 spiro atoms. The zero-order valence-corrected chi connectivity index (χ0v) is 15.0. The van der Waals surface area contributed by atoms with E-state index in [4.69, 9.17) is 5.11 Å². The SMILES string of the molecule is O=C(O)CCC(=O)N1CCC[C@@]2(CCC(=O)N(Cc3ccccc3)C2)C1. The molecule has 0 unspecified atom stereocenters. The minimum atomic E-state index is -0.942. The molecule has 0 aromatic heterocycles. The molecule has 1 aromatic rings. The van der Waals surface area contributed by atoms with E-state index in [0.29, 0.717) is 32.6 Å². The van der Waals surface area contributed by atoms with Gasteiger partial charge in [-0.05, 0) is 24.8 Å². The summed E-state index contributed by atoms with van der Waals surface area (Å²) in [6.45, 7) is 2.59. The number of piperidine rings is 2. The number of carbonyl (C=O) groups is 3. The third-order valence-electron chi connectivity index (χ3n) is 5.53. The third kappa shape index (κ3) is 4.42. The summed E-state index contributed by atoms with van der Waals surface area (Å²) in [4.78, 5) is 39.2. The summed E-state index contributed by atoms with van der Waals surface area (Å²) >= 11 is 0. The number of carboxylic acid groups (broad SMARTS) is 1. The molecule has 2 fully saturated rings. The lowest BCUT2D eigenvalue weighted by Crippen LogP contribution is -2.54. The summed E-state index contributed by atoms with van der Waals surface area (Å²) in [6, 6.07) is 9.96. The van der Waals surface area contributed by atoms with E-state index in [1.807, 2.05) is 40.1 Å². The average molecular weight is 358 g/mol. The first-order chi connectivity index (χ1) is 12.5. The lowest BCUT2D eigenvalue weighted by Gasteiger charge is -2.48. The molecule has 0 saturated carbocycles. The Kier molecular flexibility index (Phi) is 5.59. The molecule has 26 heavy (non-hydrogen) atoms. The Morgan fingerprint density at radius 2 is 1.85 bits per heavy atom. The fourth-order valence-electron chi connectivity index (χ4n) is 4.18. The fraction of sp³-hybridized carbons (Fsp3) is 0.550. The number of aliphatic carboxylic acids is 1. The molecule has 6 nitrogen and oxygen atoms in total. The Bertz CT molecular complexity index is 676. The van der Waals surface area contributed by atoms with Crippen molar-refractivity contribution >= 4 is 17.8 Å². The summed E-state index contributed by atoms with van der Waals surface area (Å²) in [7, 11) is 0. The van der Waals surface area contributed by atoms with E-state index in [1.165, 1.54) is 0 Å². The smallest absolute Gasteiger partial charge is 0.303 e. The second-order valence-electron chi connectivity index (χ2n) is 7.55. The van der Waals surface area contributed by atoms with Crippen LogP contribution in [0.4, 0.5) is 0 Å². The van der Waals surface area contributed by atoms with Crippen molar-refractivity contribution in [3.63, 3.8) is 0 Å². The van der Waals surface area contributed by atoms with Crippen molar-refractivity contribution in [1.82, 2.24) is 9.80 Å². The van der Waals surface area contributed by atoms with E-state index in [2.05, 4.69) is 0 Å². The number of nitrogens with zero attached hydrogens (tertiary/aromatic N) is 2. The molecule has 2 saturated heterocycles. The predicted octanol–water partition coefficient (Wildman–Crippen LogP) is 2.28. The van der Waals surface area contributed by atoms with Gasteiger partial charge in [0.2, 0.25) is 11.8 Å². The van der Waals surface area contributed by atoms with Crippen LogP contribution in [-0.2, 0) is 20.9 Å². The van der Waals surface area contributed by atoms with Crippen LogP contribution in [0, 0.1) is 5.41 Å². The topological polar surface area (TPSA) is 77.9 Å². The lowest BCUT2D eigenvalue weighted by molar-refractivity contribution is -0.146. The molecular weight excluding hydrogens is 332 g/mol. The van der Waals surface area contributed by atoms with Gasteiger partial charge in [-0.15, -0.1) is 0 Å². The maximum absolute atomic E-state index is 12.4. The van der Waals surface area contributed by atoms with Gasteiger partial charge in [-0.1, -0.05) is 30.3 Å². The van der Waals surface area contributed by atoms with Gasteiger partial charge in [0.25, 0.3) is 0 Å². The molecule has 140 valence electrons. The first-order valence-electron chi connectivity index (χ1n) is 9.29. The van der Waals surface area contributed by atoms with Crippen molar-refractivity contribution in [2.24, 2.45) is 5.41 Å². The molecule has 2 heterocycles. The van der Waals surface area contributed by atoms with E-state index in [0.717, 1.165) is 24.8 Å². The number of benzene rings is 1. The van der Waals surface area contributed by atoms with E-state index < -0.39 is 5.97 Å². The highest BCUT2D eigenvalue weighted by atomic mass is 16.4. The van der Waals surface area contributed by atoms with E-state index >= 15 is 0 Å². The number of rotatable bonds is 5. The predicted molar refractivity (Wildman–Crippen MR) is 96.2 cm³/mol. The quantitative estimate of drug-likeness (QED) is 0.876. The first-order valence-corrected chi connectivity index (χ1v) is 9.29. The van der Waals surface area contributed by atoms with Crippen molar-refractivity contribution in [1.29, 1.82) is 0 Å². The maximum Gasteiger partial charge on any atom is 0.303 e. The summed E-state index contributed by atoms with van der Waals surface area (Å²) < 4.78 is 0. The van der Waals surface area contributed by atoms with Gasteiger partial charge in [0.1, 0.15) is 0 Å². The minimum absolute atomic E-state index is 0.0536. The Morgan fingerprint density at radius 1 is 1.08 bits per heavy atom. The maximum atomic E-state index is 12.4. The summed E-state index contributed by atoms with van der Waals surface area (Å²) in [5.41, 5.74) is 1.06.